The van der Waals surface area contributed by atoms with Crippen LogP contribution in [0.3, 0.4) is 0 Å². The van der Waals surface area contributed by atoms with Crippen LogP contribution in [-0.2, 0) is 16.3 Å². The summed E-state index contributed by atoms with van der Waals surface area (Å²) in [5.41, 5.74) is 4.46. The number of anilines is 2. The Balaban J connectivity index is 1.57. The van der Waals surface area contributed by atoms with Crippen molar-refractivity contribution in [2.24, 2.45) is 0 Å². The Morgan fingerprint density at radius 1 is 1.16 bits per heavy atom. The SMILES string of the molecule is Cc1cc(-n2ccc(-c3nccs3)n2)c2c(n1)N(c1ccc(S(C)(=O)=O)cc1Cl)CC2. The summed E-state index contributed by atoms with van der Waals surface area (Å²) >= 11 is 8.03. The Bertz CT molecular complexity index is 1400. The summed E-state index contributed by atoms with van der Waals surface area (Å²) < 4.78 is 25.6. The number of benzene rings is 1. The number of fused-ring (bicyclic) bond motifs is 1. The van der Waals surface area contributed by atoms with Crippen LogP contribution < -0.4 is 4.90 Å². The van der Waals surface area contributed by atoms with Crippen LogP contribution in [0.1, 0.15) is 11.3 Å². The van der Waals surface area contributed by atoms with Gasteiger partial charge in [-0.3, -0.25) is 0 Å². The van der Waals surface area contributed by atoms with Crippen molar-refractivity contribution in [3.8, 4) is 16.4 Å². The Morgan fingerprint density at radius 3 is 2.71 bits per heavy atom. The molecule has 0 atom stereocenters. The highest BCUT2D eigenvalue weighted by molar-refractivity contribution is 7.90. The van der Waals surface area contributed by atoms with Gasteiger partial charge in [0.1, 0.15) is 16.5 Å². The molecule has 5 rings (SSSR count). The first-order chi connectivity index (χ1) is 14.8. The van der Waals surface area contributed by atoms with Crippen molar-refractivity contribution in [3.05, 3.63) is 64.4 Å². The van der Waals surface area contributed by atoms with Gasteiger partial charge in [-0.1, -0.05) is 11.6 Å². The lowest BCUT2D eigenvalue weighted by Gasteiger charge is -2.21. The van der Waals surface area contributed by atoms with Gasteiger partial charge in [0.05, 0.1) is 21.3 Å². The van der Waals surface area contributed by atoms with Gasteiger partial charge < -0.3 is 4.90 Å². The van der Waals surface area contributed by atoms with Gasteiger partial charge in [-0.15, -0.1) is 11.3 Å². The number of halogens is 1. The molecule has 3 aromatic heterocycles. The number of hydrogen-bond acceptors (Lipinski definition) is 7. The fourth-order valence-corrected chi connectivity index (χ4v) is 5.35. The lowest BCUT2D eigenvalue weighted by molar-refractivity contribution is 0.602. The summed E-state index contributed by atoms with van der Waals surface area (Å²) in [4.78, 5) is 11.3. The first kappa shape index (κ1) is 20.2. The number of hydrogen-bond donors (Lipinski definition) is 0. The number of aromatic nitrogens is 4. The largest absolute Gasteiger partial charge is 0.324 e. The van der Waals surface area contributed by atoms with E-state index in [4.69, 9.17) is 21.7 Å². The summed E-state index contributed by atoms with van der Waals surface area (Å²) in [5, 5.41) is 7.91. The van der Waals surface area contributed by atoms with Crippen molar-refractivity contribution in [1.29, 1.82) is 0 Å². The van der Waals surface area contributed by atoms with E-state index < -0.39 is 9.84 Å². The Kier molecular flexibility index (Phi) is 4.84. The number of aryl methyl sites for hydroxylation is 1. The van der Waals surface area contributed by atoms with E-state index in [9.17, 15) is 8.42 Å². The summed E-state index contributed by atoms with van der Waals surface area (Å²) in [7, 11) is -3.33. The van der Waals surface area contributed by atoms with Crippen molar-refractivity contribution in [1.82, 2.24) is 19.7 Å². The molecular formula is C21H18ClN5O2S2. The van der Waals surface area contributed by atoms with Crippen molar-refractivity contribution in [2.75, 3.05) is 17.7 Å². The third-order valence-electron chi connectivity index (χ3n) is 5.17. The summed E-state index contributed by atoms with van der Waals surface area (Å²) in [5.74, 6) is 0.815. The number of thiazole rings is 1. The van der Waals surface area contributed by atoms with Crippen LogP contribution in [0.25, 0.3) is 16.4 Å². The van der Waals surface area contributed by atoms with Gasteiger partial charge in [-0.05, 0) is 43.7 Å². The van der Waals surface area contributed by atoms with Crippen LogP contribution in [0.4, 0.5) is 11.5 Å². The zero-order chi connectivity index (χ0) is 21.8. The van der Waals surface area contributed by atoms with E-state index >= 15 is 0 Å². The molecule has 0 fully saturated rings. The molecule has 1 aliphatic heterocycles. The third-order valence-corrected chi connectivity index (χ3v) is 7.38. The molecule has 0 amide bonds. The number of nitrogens with zero attached hydrogens (tertiary/aromatic N) is 5. The van der Waals surface area contributed by atoms with Crippen LogP contribution in [0.5, 0.6) is 0 Å². The first-order valence-electron chi connectivity index (χ1n) is 9.55. The standard InChI is InChI=1S/C21H18ClN5O2S2/c1-13-11-19(27-9-6-17(25-27)21-23-7-10-30-21)15-5-8-26(20(15)24-13)18-4-3-14(12-16(18)22)31(2,28)29/h3-4,6-7,9-12H,5,8H2,1-2H3. The maximum atomic E-state index is 11.9. The quantitative estimate of drug-likeness (QED) is 0.437. The lowest BCUT2D eigenvalue weighted by atomic mass is 10.1. The van der Waals surface area contributed by atoms with Crippen molar-refractivity contribution >= 4 is 44.3 Å². The maximum Gasteiger partial charge on any atom is 0.175 e. The Labute approximate surface area is 188 Å². The smallest absolute Gasteiger partial charge is 0.175 e. The van der Waals surface area contributed by atoms with Crippen LogP contribution in [0, 0.1) is 6.92 Å². The fourth-order valence-electron chi connectivity index (χ4n) is 3.76. The number of rotatable bonds is 4. The van der Waals surface area contributed by atoms with E-state index in [1.54, 1.807) is 29.7 Å². The van der Waals surface area contributed by atoms with Gasteiger partial charge in [0.25, 0.3) is 0 Å². The zero-order valence-corrected chi connectivity index (χ0v) is 19.2. The summed E-state index contributed by atoms with van der Waals surface area (Å²) in [6, 6.07) is 8.80. The Hall–Kier alpha value is -2.75. The van der Waals surface area contributed by atoms with Crippen molar-refractivity contribution in [2.45, 2.75) is 18.2 Å². The number of pyridine rings is 1. The molecule has 1 aromatic carbocycles. The van der Waals surface area contributed by atoms with E-state index in [-0.39, 0.29) is 4.90 Å². The van der Waals surface area contributed by atoms with Crippen LogP contribution in [0.15, 0.2) is 53.0 Å². The zero-order valence-electron chi connectivity index (χ0n) is 16.8. The third kappa shape index (κ3) is 3.62. The average Bonchev–Trinajstić information content (AvgIpc) is 3.46. The van der Waals surface area contributed by atoms with E-state index in [0.717, 1.165) is 45.6 Å². The predicted molar refractivity (Wildman–Crippen MR) is 122 cm³/mol. The molecule has 1 aliphatic rings. The van der Waals surface area contributed by atoms with Crippen LogP contribution in [-0.4, -0.2) is 41.0 Å². The highest BCUT2D eigenvalue weighted by atomic mass is 35.5. The minimum absolute atomic E-state index is 0.199. The maximum absolute atomic E-state index is 11.9. The van der Waals surface area contributed by atoms with Gasteiger partial charge in [0, 0.05) is 41.8 Å². The average molecular weight is 472 g/mol. The highest BCUT2D eigenvalue weighted by Gasteiger charge is 2.28. The molecule has 10 heteroatoms. The second-order valence-electron chi connectivity index (χ2n) is 7.35. The van der Waals surface area contributed by atoms with E-state index in [1.165, 1.54) is 12.3 Å². The van der Waals surface area contributed by atoms with Gasteiger partial charge >= 0.3 is 0 Å². The molecule has 0 saturated carbocycles. The molecule has 158 valence electrons. The Morgan fingerprint density at radius 2 is 2.00 bits per heavy atom. The van der Waals surface area contributed by atoms with E-state index in [1.807, 2.05) is 40.2 Å². The second-order valence-corrected chi connectivity index (χ2v) is 10.7. The first-order valence-corrected chi connectivity index (χ1v) is 12.7. The van der Waals surface area contributed by atoms with Crippen molar-refractivity contribution in [3.63, 3.8) is 0 Å². The molecule has 4 aromatic rings. The van der Waals surface area contributed by atoms with Crippen molar-refractivity contribution < 1.29 is 8.42 Å². The highest BCUT2D eigenvalue weighted by Crippen LogP contribution is 2.40. The van der Waals surface area contributed by atoms with Crippen LogP contribution >= 0.6 is 22.9 Å². The van der Waals surface area contributed by atoms with Gasteiger partial charge in [-0.25, -0.2) is 23.1 Å². The molecule has 0 unspecified atom stereocenters. The normalized spacial score (nSPS) is 13.6. The fraction of sp³-hybridized carbons (Fsp3) is 0.190. The van der Waals surface area contributed by atoms with Gasteiger partial charge in [0.15, 0.2) is 9.84 Å². The van der Waals surface area contributed by atoms with Crippen LogP contribution in [0.2, 0.25) is 5.02 Å². The van der Waals surface area contributed by atoms with Gasteiger partial charge in [-0.2, -0.15) is 5.10 Å². The molecular weight excluding hydrogens is 454 g/mol. The molecule has 7 nitrogen and oxygen atoms in total. The minimum Gasteiger partial charge on any atom is -0.324 e. The number of sulfone groups is 1. The molecule has 0 saturated heterocycles. The lowest BCUT2D eigenvalue weighted by Crippen LogP contribution is -2.15. The minimum atomic E-state index is -3.33. The predicted octanol–water partition coefficient (Wildman–Crippen LogP) is 4.45. The summed E-state index contributed by atoms with van der Waals surface area (Å²) in [6.07, 6.45) is 5.64. The molecule has 31 heavy (non-hydrogen) atoms. The molecule has 0 radical (unpaired) electrons. The molecule has 0 aliphatic carbocycles. The second kappa shape index (κ2) is 7.44. The van der Waals surface area contributed by atoms with Gasteiger partial charge in [0.2, 0.25) is 0 Å². The van der Waals surface area contributed by atoms with E-state index in [2.05, 4.69) is 4.98 Å². The molecule has 0 spiro atoms. The molecule has 0 bridgehead atoms. The van der Waals surface area contributed by atoms with E-state index in [0.29, 0.717) is 11.6 Å². The summed E-state index contributed by atoms with van der Waals surface area (Å²) in [6.45, 7) is 2.64. The topological polar surface area (TPSA) is 81.0 Å². The molecule has 0 N–H and O–H groups in total. The monoisotopic (exact) mass is 471 g/mol. The molecule has 4 heterocycles.